The van der Waals surface area contributed by atoms with E-state index in [2.05, 4.69) is 17.2 Å². The van der Waals surface area contributed by atoms with E-state index < -0.39 is 29.6 Å². The number of nitrogens with one attached hydrogen (secondary N) is 2. The zero-order chi connectivity index (χ0) is 33.6. The maximum absolute atomic E-state index is 13.2. The molecule has 0 bridgehead atoms. The molecular formula is C36H51N3O7. The third kappa shape index (κ3) is 12.1. The van der Waals surface area contributed by atoms with Crippen LogP contribution in [-0.2, 0) is 37.0 Å². The van der Waals surface area contributed by atoms with E-state index in [0.29, 0.717) is 45.4 Å². The van der Waals surface area contributed by atoms with Crippen molar-refractivity contribution in [3.63, 3.8) is 0 Å². The van der Waals surface area contributed by atoms with Gasteiger partial charge in [-0.3, -0.25) is 9.69 Å². The molecular weight excluding hydrogens is 586 g/mol. The molecule has 1 aliphatic rings. The van der Waals surface area contributed by atoms with Crippen LogP contribution in [0.25, 0.3) is 0 Å². The minimum atomic E-state index is -0.826. The van der Waals surface area contributed by atoms with Crippen LogP contribution in [0.4, 0.5) is 9.59 Å². The first-order chi connectivity index (χ1) is 21.9. The number of carbonyl (C=O) groups excluding carboxylic acids is 3. The zero-order valence-electron chi connectivity index (χ0n) is 28.0. The molecule has 1 heterocycles. The molecule has 10 nitrogen and oxygen atoms in total. The lowest BCUT2D eigenvalue weighted by molar-refractivity contribution is -0.147. The van der Waals surface area contributed by atoms with Crippen LogP contribution < -0.4 is 10.6 Å². The Morgan fingerprint density at radius 2 is 1.57 bits per heavy atom. The van der Waals surface area contributed by atoms with Crippen molar-refractivity contribution in [2.45, 2.75) is 96.9 Å². The molecule has 10 heteroatoms. The van der Waals surface area contributed by atoms with Crippen molar-refractivity contribution in [1.29, 1.82) is 0 Å². The fourth-order valence-corrected chi connectivity index (χ4v) is 5.28. The van der Waals surface area contributed by atoms with E-state index in [9.17, 15) is 14.4 Å². The van der Waals surface area contributed by atoms with Gasteiger partial charge in [0.2, 0.25) is 0 Å². The molecule has 1 saturated heterocycles. The molecule has 2 aromatic rings. The van der Waals surface area contributed by atoms with Gasteiger partial charge in [-0.2, -0.15) is 0 Å². The number of rotatable bonds is 16. The second-order valence-corrected chi connectivity index (χ2v) is 12.9. The highest BCUT2D eigenvalue weighted by Gasteiger charge is 2.47. The quantitative estimate of drug-likeness (QED) is 0.0948. The van der Waals surface area contributed by atoms with Gasteiger partial charge in [-0.05, 0) is 78.0 Å². The summed E-state index contributed by atoms with van der Waals surface area (Å²) in [6.07, 6.45) is 3.41. The van der Waals surface area contributed by atoms with Crippen LogP contribution in [0.3, 0.4) is 0 Å². The number of hydrogen-bond acceptors (Lipinski definition) is 8. The van der Waals surface area contributed by atoms with E-state index >= 15 is 0 Å². The molecule has 3 atom stereocenters. The lowest BCUT2D eigenvalue weighted by atomic mass is 9.95. The van der Waals surface area contributed by atoms with Crippen LogP contribution in [0.15, 0.2) is 73.3 Å². The first-order valence-corrected chi connectivity index (χ1v) is 16.1. The average molecular weight is 638 g/mol. The molecule has 3 rings (SSSR count). The Bertz CT molecular complexity index is 1250. The number of hydrogen-bond donors (Lipinski definition) is 2. The smallest absolute Gasteiger partial charge is 0.412 e. The minimum Gasteiger partial charge on any atom is -0.460 e. The Morgan fingerprint density at radius 1 is 0.957 bits per heavy atom. The highest BCUT2D eigenvalue weighted by atomic mass is 16.6. The third-order valence-corrected chi connectivity index (χ3v) is 7.68. The topological polar surface area (TPSA) is 115 Å². The van der Waals surface area contributed by atoms with Crippen molar-refractivity contribution in [3.05, 3.63) is 84.4 Å². The number of benzene rings is 2. The van der Waals surface area contributed by atoms with Crippen molar-refractivity contribution in [2.75, 3.05) is 19.7 Å². The predicted molar refractivity (Wildman–Crippen MR) is 177 cm³/mol. The highest BCUT2D eigenvalue weighted by Crippen LogP contribution is 2.34. The molecule has 2 N–H and O–H groups in total. The van der Waals surface area contributed by atoms with Crippen LogP contribution >= 0.6 is 0 Å². The number of amides is 2. The molecule has 252 valence electrons. The SMILES string of the molecule is C=C[C@H](CCN[C@@H](CCCCNC(=O)OCc1ccccc1)C(=O)OCc1ccccc1)[C@H]1COC(C)(C)N1C(=O)OC(C)(C)C. The average Bonchev–Trinajstić information content (AvgIpc) is 3.34. The van der Waals surface area contributed by atoms with Gasteiger partial charge in [0.15, 0.2) is 0 Å². The minimum absolute atomic E-state index is 0.103. The second-order valence-electron chi connectivity index (χ2n) is 12.9. The van der Waals surface area contributed by atoms with Crippen molar-refractivity contribution in [1.82, 2.24) is 15.5 Å². The Morgan fingerprint density at radius 3 is 2.15 bits per heavy atom. The fraction of sp³-hybridized carbons (Fsp3) is 0.528. The van der Waals surface area contributed by atoms with Crippen LogP contribution in [0.2, 0.25) is 0 Å². The molecule has 0 radical (unpaired) electrons. The number of esters is 1. The number of unbranched alkanes of at least 4 members (excludes halogenated alkanes) is 1. The van der Waals surface area contributed by atoms with Gasteiger partial charge in [0, 0.05) is 12.5 Å². The summed E-state index contributed by atoms with van der Waals surface area (Å²) in [4.78, 5) is 40.1. The molecule has 2 amide bonds. The second kappa shape index (κ2) is 17.7. The highest BCUT2D eigenvalue weighted by molar-refractivity contribution is 5.75. The Kier molecular flexibility index (Phi) is 14.1. The van der Waals surface area contributed by atoms with Gasteiger partial charge in [-0.25, -0.2) is 9.59 Å². The van der Waals surface area contributed by atoms with E-state index in [-0.39, 0.29) is 31.1 Å². The molecule has 1 aliphatic heterocycles. The third-order valence-electron chi connectivity index (χ3n) is 7.68. The number of nitrogens with zero attached hydrogens (tertiary/aromatic N) is 1. The largest absolute Gasteiger partial charge is 0.460 e. The molecule has 46 heavy (non-hydrogen) atoms. The van der Waals surface area contributed by atoms with E-state index in [1.807, 2.05) is 101 Å². The lowest BCUT2D eigenvalue weighted by Gasteiger charge is -2.37. The van der Waals surface area contributed by atoms with Crippen LogP contribution in [0.1, 0.15) is 71.4 Å². The van der Waals surface area contributed by atoms with Gasteiger partial charge in [0.05, 0.1) is 12.6 Å². The Balaban J connectivity index is 1.53. The normalized spacial score (nSPS) is 17.1. The van der Waals surface area contributed by atoms with Crippen molar-refractivity contribution >= 4 is 18.2 Å². The number of ether oxygens (including phenoxy) is 4. The maximum Gasteiger partial charge on any atom is 0.412 e. The summed E-state index contributed by atoms with van der Waals surface area (Å²) < 4.78 is 22.6. The van der Waals surface area contributed by atoms with E-state index in [0.717, 1.165) is 11.1 Å². The monoisotopic (exact) mass is 637 g/mol. The number of carbonyl (C=O) groups is 3. The van der Waals surface area contributed by atoms with Crippen molar-refractivity contribution in [2.24, 2.45) is 5.92 Å². The Labute approximate surface area is 273 Å². The van der Waals surface area contributed by atoms with Gasteiger partial charge in [-0.15, -0.1) is 6.58 Å². The van der Waals surface area contributed by atoms with Gasteiger partial charge in [0.25, 0.3) is 0 Å². The summed E-state index contributed by atoms with van der Waals surface area (Å²) in [5, 5.41) is 6.15. The summed E-state index contributed by atoms with van der Waals surface area (Å²) in [6, 6.07) is 18.2. The van der Waals surface area contributed by atoms with Crippen LogP contribution in [-0.4, -0.2) is 66.2 Å². The molecule has 0 unspecified atom stereocenters. The standard InChI is InChI=1S/C36H51N3O7/c1-7-29(31-26-45-36(5,6)39(31)34(42)46-35(2,3)4)21-23-37-30(32(40)43-24-27-16-10-8-11-17-27)20-14-15-22-38-33(41)44-25-28-18-12-9-13-19-28/h7-13,16-19,29-31,37H,1,14-15,20-26H2,2-6H3,(H,38,41)/t29-,30+,31-/m1/s1. The fourth-order valence-electron chi connectivity index (χ4n) is 5.28. The van der Waals surface area contributed by atoms with Crippen molar-refractivity contribution in [3.8, 4) is 0 Å². The van der Waals surface area contributed by atoms with E-state index in [1.54, 1.807) is 4.90 Å². The molecule has 0 saturated carbocycles. The maximum atomic E-state index is 13.2. The van der Waals surface area contributed by atoms with Gasteiger partial charge in [0.1, 0.15) is 30.6 Å². The Hall–Kier alpha value is -3.89. The van der Waals surface area contributed by atoms with Gasteiger partial charge >= 0.3 is 18.2 Å². The molecule has 0 spiro atoms. The van der Waals surface area contributed by atoms with E-state index in [4.69, 9.17) is 18.9 Å². The summed E-state index contributed by atoms with van der Waals surface area (Å²) in [5.74, 6) is -0.441. The van der Waals surface area contributed by atoms with Crippen LogP contribution in [0, 0.1) is 5.92 Å². The summed E-state index contributed by atoms with van der Waals surface area (Å²) >= 11 is 0. The molecule has 1 fully saturated rings. The first kappa shape index (κ1) is 36.6. The van der Waals surface area contributed by atoms with Crippen LogP contribution in [0.5, 0.6) is 0 Å². The molecule has 0 aromatic heterocycles. The van der Waals surface area contributed by atoms with Gasteiger partial charge in [-0.1, -0.05) is 66.7 Å². The zero-order valence-corrected chi connectivity index (χ0v) is 28.0. The molecule has 0 aliphatic carbocycles. The predicted octanol–water partition coefficient (Wildman–Crippen LogP) is 6.35. The van der Waals surface area contributed by atoms with Crippen molar-refractivity contribution < 1.29 is 33.3 Å². The van der Waals surface area contributed by atoms with Gasteiger partial charge < -0.3 is 29.6 Å². The lowest BCUT2D eigenvalue weighted by Crippen LogP contribution is -2.52. The molecule has 2 aromatic carbocycles. The first-order valence-electron chi connectivity index (χ1n) is 16.1. The summed E-state index contributed by atoms with van der Waals surface area (Å²) in [5.41, 5.74) is 0.358. The summed E-state index contributed by atoms with van der Waals surface area (Å²) in [7, 11) is 0. The number of alkyl carbamates (subject to hydrolysis) is 1. The van der Waals surface area contributed by atoms with E-state index in [1.165, 1.54) is 0 Å². The summed E-state index contributed by atoms with van der Waals surface area (Å²) in [6.45, 7) is 14.9.